The highest BCUT2D eigenvalue weighted by Crippen LogP contribution is 2.26. The van der Waals surface area contributed by atoms with Crippen molar-refractivity contribution in [1.82, 2.24) is 4.31 Å². The number of nitrogens with one attached hydrogen (secondary N) is 1. The molecule has 2 aromatic rings. The normalized spacial score (nSPS) is 16.3. The molecule has 1 heterocycles. The fraction of sp³-hybridized carbons (Fsp3) is 0.316. The molecule has 7 heteroatoms. The Hall–Kier alpha value is -1.89. The maximum Gasteiger partial charge on any atom is 0.243 e. The van der Waals surface area contributed by atoms with E-state index in [0.29, 0.717) is 48.0 Å². The number of piperidine rings is 1. The summed E-state index contributed by atoms with van der Waals surface area (Å²) in [6, 6.07) is 15.4. The van der Waals surface area contributed by atoms with Crippen LogP contribution in [0.1, 0.15) is 19.3 Å². The number of benzene rings is 2. The van der Waals surface area contributed by atoms with Gasteiger partial charge in [-0.3, -0.25) is 4.79 Å². The molecule has 1 saturated heterocycles. The second-order valence-corrected chi connectivity index (χ2v) is 8.79. The van der Waals surface area contributed by atoms with E-state index in [0.717, 1.165) is 0 Å². The molecular formula is C19H21ClN2O3S. The van der Waals surface area contributed by atoms with E-state index in [2.05, 4.69) is 5.32 Å². The molecule has 0 atom stereocenters. The zero-order valence-corrected chi connectivity index (χ0v) is 15.8. The molecule has 5 nitrogen and oxygen atoms in total. The molecule has 26 heavy (non-hydrogen) atoms. The Morgan fingerprint density at radius 1 is 1.04 bits per heavy atom. The van der Waals surface area contributed by atoms with E-state index in [1.165, 1.54) is 4.31 Å². The van der Waals surface area contributed by atoms with Gasteiger partial charge < -0.3 is 5.32 Å². The molecule has 1 N–H and O–H groups in total. The first-order valence-electron chi connectivity index (χ1n) is 8.56. The predicted octanol–water partition coefficient (Wildman–Crippen LogP) is 3.77. The number of amides is 1. The van der Waals surface area contributed by atoms with Crippen molar-refractivity contribution in [2.75, 3.05) is 18.4 Å². The minimum atomic E-state index is -3.45. The lowest BCUT2D eigenvalue weighted by Gasteiger charge is -2.31. The van der Waals surface area contributed by atoms with Crippen LogP contribution in [-0.4, -0.2) is 31.7 Å². The minimum Gasteiger partial charge on any atom is -0.326 e. The smallest absolute Gasteiger partial charge is 0.243 e. The zero-order chi connectivity index (χ0) is 18.6. The third-order valence-corrected chi connectivity index (χ3v) is 6.72. The van der Waals surface area contributed by atoms with E-state index in [9.17, 15) is 13.2 Å². The number of nitrogens with zero attached hydrogens (tertiary/aromatic N) is 1. The summed E-state index contributed by atoms with van der Waals surface area (Å²) in [7, 11) is -3.45. The summed E-state index contributed by atoms with van der Waals surface area (Å²) in [5, 5.41) is 3.47. The van der Waals surface area contributed by atoms with Crippen LogP contribution >= 0.6 is 11.6 Å². The maximum absolute atomic E-state index is 12.6. The second kappa shape index (κ2) is 8.20. The van der Waals surface area contributed by atoms with Crippen molar-refractivity contribution in [2.45, 2.75) is 24.2 Å². The fourth-order valence-corrected chi connectivity index (χ4v) is 4.72. The summed E-state index contributed by atoms with van der Waals surface area (Å²) >= 11 is 5.83. The Morgan fingerprint density at radius 3 is 2.27 bits per heavy atom. The first-order valence-corrected chi connectivity index (χ1v) is 10.4. The van der Waals surface area contributed by atoms with Crippen molar-refractivity contribution in [2.24, 2.45) is 5.92 Å². The average molecular weight is 393 g/mol. The van der Waals surface area contributed by atoms with Crippen molar-refractivity contribution < 1.29 is 13.2 Å². The van der Waals surface area contributed by atoms with Gasteiger partial charge in [0, 0.05) is 30.2 Å². The van der Waals surface area contributed by atoms with E-state index < -0.39 is 10.0 Å². The summed E-state index contributed by atoms with van der Waals surface area (Å²) in [6.45, 7) is 0.881. The van der Waals surface area contributed by atoms with Gasteiger partial charge in [-0.05, 0) is 55.2 Å². The molecule has 0 spiro atoms. The van der Waals surface area contributed by atoms with Crippen LogP contribution in [0.5, 0.6) is 0 Å². The van der Waals surface area contributed by atoms with E-state index in [4.69, 9.17) is 11.6 Å². The zero-order valence-electron chi connectivity index (χ0n) is 14.3. The Morgan fingerprint density at radius 2 is 1.65 bits per heavy atom. The molecule has 0 radical (unpaired) electrons. The summed E-state index contributed by atoms with van der Waals surface area (Å²) in [5.41, 5.74) is 0.712. The van der Waals surface area contributed by atoms with Crippen LogP contribution in [0.4, 0.5) is 5.69 Å². The first kappa shape index (κ1) is 18.9. The molecule has 0 aromatic heterocycles. The number of anilines is 1. The topological polar surface area (TPSA) is 66.5 Å². The number of sulfonamides is 1. The van der Waals surface area contributed by atoms with Crippen molar-refractivity contribution >= 4 is 33.2 Å². The van der Waals surface area contributed by atoms with Gasteiger partial charge in [0.1, 0.15) is 0 Å². The molecule has 2 aromatic carbocycles. The van der Waals surface area contributed by atoms with Crippen molar-refractivity contribution in [3.63, 3.8) is 0 Å². The molecule has 1 amide bonds. The van der Waals surface area contributed by atoms with Gasteiger partial charge in [0.05, 0.1) is 4.90 Å². The molecule has 1 fully saturated rings. The van der Waals surface area contributed by atoms with E-state index >= 15 is 0 Å². The highest BCUT2D eigenvalue weighted by atomic mass is 35.5. The van der Waals surface area contributed by atoms with Crippen LogP contribution in [0.15, 0.2) is 59.5 Å². The quantitative estimate of drug-likeness (QED) is 0.842. The van der Waals surface area contributed by atoms with E-state index in [-0.39, 0.29) is 11.8 Å². The van der Waals surface area contributed by atoms with Gasteiger partial charge in [0.2, 0.25) is 15.9 Å². The molecule has 1 aliphatic heterocycles. The summed E-state index contributed by atoms with van der Waals surface area (Å²) < 4.78 is 26.8. The van der Waals surface area contributed by atoms with Crippen molar-refractivity contribution in [3.05, 3.63) is 59.6 Å². The first-order chi connectivity index (χ1) is 12.4. The monoisotopic (exact) mass is 392 g/mol. The number of hydrogen-bond donors (Lipinski definition) is 1. The molecule has 3 rings (SSSR count). The Bertz CT molecular complexity index is 846. The van der Waals surface area contributed by atoms with Gasteiger partial charge in [-0.1, -0.05) is 29.8 Å². The van der Waals surface area contributed by atoms with Crippen LogP contribution in [0.2, 0.25) is 5.02 Å². The Kier molecular flexibility index (Phi) is 5.96. The Labute approximate surface area is 159 Å². The number of hydrogen-bond acceptors (Lipinski definition) is 3. The lowest BCUT2D eigenvalue weighted by molar-refractivity contribution is -0.117. The average Bonchev–Trinajstić information content (AvgIpc) is 2.65. The lowest BCUT2D eigenvalue weighted by atomic mass is 9.94. The van der Waals surface area contributed by atoms with Crippen LogP contribution < -0.4 is 5.32 Å². The molecule has 1 aliphatic rings. The largest absolute Gasteiger partial charge is 0.326 e. The highest BCUT2D eigenvalue weighted by molar-refractivity contribution is 7.89. The minimum absolute atomic E-state index is 0.0586. The summed E-state index contributed by atoms with van der Waals surface area (Å²) in [4.78, 5) is 12.5. The van der Waals surface area contributed by atoms with Crippen LogP contribution in [0, 0.1) is 5.92 Å². The highest BCUT2D eigenvalue weighted by Gasteiger charge is 2.30. The standard InChI is InChI=1S/C19H21ClN2O3S/c20-16-6-8-17(9-7-16)21-19(23)14-15-10-12-22(13-11-15)26(24,25)18-4-2-1-3-5-18/h1-9,15H,10-14H2,(H,21,23). The predicted molar refractivity (Wildman–Crippen MR) is 103 cm³/mol. The number of rotatable bonds is 5. The maximum atomic E-state index is 12.6. The van der Waals surface area contributed by atoms with Gasteiger partial charge in [-0.15, -0.1) is 0 Å². The summed E-state index contributed by atoms with van der Waals surface area (Å²) in [6.07, 6.45) is 1.75. The van der Waals surface area contributed by atoms with Crippen LogP contribution in [0.25, 0.3) is 0 Å². The third kappa shape index (κ3) is 4.63. The summed E-state index contributed by atoms with van der Waals surface area (Å²) in [5.74, 6) is 0.126. The van der Waals surface area contributed by atoms with Gasteiger partial charge in [0.25, 0.3) is 0 Å². The lowest BCUT2D eigenvalue weighted by Crippen LogP contribution is -2.39. The Balaban J connectivity index is 1.52. The van der Waals surface area contributed by atoms with Crippen LogP contribution in [-0.2, 0) is 14.8 Å². The molecule has 0 unspecified atom stereocenters. The van der Waals surface area contributed by atoms with Gasteiger partial charge in [0.15, 0.2) is 0 Å². The number of carbonyl (C=O) groups excluding carboxylic acids is 1. The molecule has 0 aliphatic carbocycles. The van der Waals surface area contributed by atoms with E-state index in [1.807, 2.05) is 0 Å². The van der Waals surface area contributed by atoms with Crippen molar-refractivity contribution in [3.8, 4) is 0 Å². The van der Waals surface area contributed by atoms with Gasteiger partial charge in [-0.2, -0.15) is 4.31 Å². The molecule has 0 saturated carbocycles. The third-order valence-electron chi connectivity index (χ3n) is 4.56. The fourth-order valence-electron chi connectivity index (χ4n) is 3.10. The van der Waals surface area contributed by atoms with Gasteiger partial charge in [-0.25, -0.2) is 8.42 Å². The molecular weight excluding hydrogens is 372 g/mol. The van der Waals surface area contributed by atoms with Gasteiger partial charge >= 0.3 is 0 Å². The number of halogens is 1. The van der Waals surface area contributed by atoms with Crippen molar-refractivity contribution in [1.29, 1.82) is 0 Å². The van der Waals surface area contributed by atoms with Crippen LogP contribution in [0.3, 0.4) is 0 Å². The van der Waals surface area contributed by atoms with E-state index in [1.54, 1.807) is 54.6 Å². The number of carbonyl (C=O) groups is 1. The second-order valence-electron chi connectivity index (χ2n) is 6.42. The molecule has 0 bridgehead atoms. The molecule has 138 valence electrons. The SMILES string of the molecule is O=C(CC1CCN(S(=O)(=O)c2ccccc2)CC1)Nc1ccc(Cl)cc1.